The highest BCUT2D eigenvalue weighted by molar-refractivity contribution is 7.98. The van der Waals surface area contributed by atoms with E-state index in [2.05, 4.69) is 26.7 Å². The summed E-state index contributed by atoms with van der Waals surface area (Å²) < 4.78 is 0. The molecule has 0 spiro atoms. The fourth-order valence-corrected chi connectivity index (χ4v) is 5.56. The van der Waals surface area contributed by atoms with Gasteiger partial charge in [0.15, 0.2) is 0 Å². The standard InChI is InChI=1S/C28H40N4O3S/c1-19-9-7-8-12-32(17-22-10-13-31(14-11-22)18-28(4,5)35)21(3)25(19)27(34)29-16-23-24(36-6)15-20(2)30-26(23)33/h7-9,12,15,22,35H,1,10-11,13-14,16-18H2,2-6H3,(H,29,34)(H,30,33)/b9-7-,12-8-,25-21?. The van der Waals surface area contributed by atoms with Gasteiger partial charge in [0.1, 0.15) is 0 Å². The van der Waals surface area contributed by atoms with E-state index < -0.39 is 5.60 Å². The Morgan fingerprint density at radius 1 is 1.28 bits per heavy atom. The summed E-state index contributed by atoms with van der Waals surface area (Å²) in [6.45, 7) is 15.2. The fourth-order valence-electron chi connectivity index (χ4n) is 4.85. The molecule has 3 heterocycles. The smallest absolute Gasteiger partial charge is 0.254 e. The Bertz CT molecular complexity index is 1120. The van der Waals surface area contributed by atoms with Crippen molar-refractivity contribution >= 4 is 17.7 Å². The molecule has 1 amide bonds. The first-order chi connectivity index (χ1) is 17.0. The lowest BCUT2D eigenvalue weighted by molar-refractivity contribution is -0.117. The van der Waals surface area contributed by atoms with Crippen molar-refractivity contribution in [1.82, 2.24) is 20.1 Å². The molecule has 36 heavy (non-hydrogen) atoms. The molecule has 0 unspecified atom stereocenters. The molecule has 0 atom stereocenters. The number of β-amino-alcohol motifs (C(OH)–C–C–N with tert-alkyl or cyclic N) is 1. The van der Waals surface area contributed by atoms with Crippen molar-refractivity contribution in [3.63, 3.8) is 0 Å². The van der Waals surface area contributed by atoms with Crippen LogP contribution < -0.4 is 10.9 Å². The molecule has 7 nitrogen and oxygen atoms in total. The quantitative estimate of drug-likeness (QED) is 0.460. The predicted molar refractivity (Wildman–Crippen MR) is 148 cm³/mol. The summed E-state index contributed by atoms with van der Waals surface area (Å²) in [5.74, 6) is 0.244. The van der Waals surface area contributed by atoms with E-state index >= 15 is 0 Å². The summed E-state index contributed by atoms with van der Waals surface area (Å²) in [4.78, 5) is 34.1. The largest absolute Gasteiger partial charge is 0.389 e. The molecule has 0 aliphatic carbocycles. The van der Waals surface area contributed by atoms with Crippen molar-refractivity contribution < 1.29 is 9.90 Å². The van der Waals surface area contributed by atoms with Gasteiger partial charge in [0, 0.05) is 47.7 Å². The van der Waals surface area contributed by atoms with Gasteiger partial charge >= 0.3 is 0 Å². The molecule has 1 saturated heterocycles. The number of allylic oxidation sites excluding steroid dienone is 4. The van der Waals surface area contributed by atoms with Gasteiger partial charge in [-0.2, -0.15) is 0 Å². The normalized spacial score (nSPS) is 19.7. The van der Waals surface area contributed by atoms with Crippen molar-refractivity contribution in [2.45, 2.75) is 57.6 Å². The summed E-state index contributed by atoms with van der Waals surface area (Å²) >= 11 is 1.49. The van der Waals surface area contributed by atoms with Gasteiger partial charge in [-0.3, -0.25) is 9.59 Å². The number of H-pyrrole nitrogens is 1. The van der Waals surface area contributed by atoms with Gasteiger partial charge in [-0.1, -0.05) is 18.7 Å². The number of likely N-dealkylation sites (tertiary alicyclic amines) is 1. The van der Waals surface area contributed by atoms with Gasteiger partial charge in [0.2, 0.25) is 0 Å². The minimum atomic E-state index is -0.688. The van der Waals surface area contributed by atoms with Gasteiger partial charge in [-0.05, 0) is 83.5 Å². The second-order valence-corrected chi connectivity index (χ2v) is 11.2. The van der Waals surface area contributed by atoms with E-state index in [1.807, 2.05) is 64.4 Å². The number of thioether (sulfide) groups is 1. The second kappa shape index (κ2) is 12.1. The van der Waals surface area contributed by atoms with Gasteiger partial charge in [-0.15, -0.1) is 11.8 Å². The minimum Gasteiger partial charge on any atom is -0.389 e. The number of carbonyl (C=O) groups is 1. The summed E-state index contributed by atoms with van der Waals surface area (Å²) in [5.41, 5.74) is 2.51. The molecule has 0 bridgehead atoms. The number of aromatic nitrogens is 1. The second-order valence-electron chi connectivity index (χ2n) is 10.4. The third-order valence-electron chi connectivity index (χ3n) is 6.66. The van der Waals surface area contributed by atoms with Crippen LogP contribution in [0, 0.1) is 12.8 Å². The Labute approximate surface area is 219 Å². The van der Waals surface area contributed by atoms with Crippen LogP contribution in [0.1, 0.15) is 44.9 Å². The molecule has 3 rings (SSSR count). The van der Waals surface area contributed by atoms with Gasteiger partial charge < -0.3 is 25.2 Å². The van der Waals surface area contributed by atoms with Crippen molar-refractivity contribution in [3.8, 4) is 0 Å². The van der Waals surface area contributed by atoms with Crippen molar-refractivity contribution in [2.24, 2.45) is 5.92 Å². The average Bonchev–Trinajstić information content (AvgIpc) is 2.79. The van der Waals surface area contributed by atoms with Gasteiger partial charge in [0.25, 0.3) is 11.5 Å². The SMILES string of the molecule is C=C1/C=C\C=C/N(CC2CCN(CC(C)(C)O)CC2)C(C)=C1C(=O)NCc1c(SC)cc(C)[nH]c1=O. The molecule has 2 aliphatic rings. The molecule has 1 aromatic rings. The van der Waals surface area contributed by atoms with Crippen LogP contribution in [0.4, 0.5) is 0 Å². The monoisotopic (exact) mass is 512 g/mol. The van der Waals surface area contributed by atoms with E-state index in [1.165, 1.54) is 11.8 Å². The maximum atomic E-state index is 13.4. The first-order valence-electron chi connectivity index (χ1n) is 12.5. The van der Waals surface area contributed by atoms with E-state index in [0.29, 0.717) is 29.2 Å². The van der Waals surface area contributed by atoms with E-state index in [-0.39, 0.29) is 18.0 Å². The van der Waals surface area contributed by atoms with Crippen LogP contribution in [0.5, 0.6) is 0 Å². The molecule has 2 aliphatic heterocycles. The van der Waals surface area contributed by atoms with E-state index in [9.17, 15) is 14.7 Å². The van der Waals surface area contributed by atoms with Gasteiger partial charge in [-0.25, -0.2) is 0 Å². The number of nitrogens with one attached hydrogen (secondary N) is 2. The number of aryl methyl sites for hydroxylation is 1. The number of carbonyl (C=O) groups excluding carboxylic acids is 1. The number of pyridine rings is 1. The Morgan fingerprint density at radius 3 is 2.61 bits per heavy atom. The van der Waals surface area contributed by atoms with Crippen LogP contribution in [0.25, 0.3) is 0 Å². The van der Waals surface area contributed by atoms with Crippen LogP contribution in [-0.2, 0) is 11.3 Å². The first kappa shape index (κ1) is 28.0. The van der Waals surface area contributed by atoms with Crippen molar-refractivity contribution in [1.29, 1.82) is 0 Å². The molecular weight excluding hydrogens is 472 g/mol. The maximum Gasteiger partial charge on any atom is 0.254 e. The average molecular weight is 513 g/mol. The highest BCUT2D eigenvalue weighted by Crippen LogP contribution is 2.26. The number of nitrogens with zero attached hydrogens (tertiary/aromatic N) is 2. The molecule has 0 radical (unpaired) electrons. The molecule has 1 fully saturated rings. The lowest BCUT2D eigenvalue weighted by atomic mass is 9.94. The first-order valence-corrected chi connectivity index (χ1v) is 13.7. The Kier molecular flexibility index (Phi) is 9.44. The highest BCUT2D eigenvalue weighted by Gasteiger charge is 2.26. The van der Waals surface area contributed by atoms with E-state index in [4.69, 9.17) is 0 Å². The van der Waals surface area contributed by atoms with Gasteiger partial charge in [0.05, 0.1) is 11.2 Å². The van der Waals surface area contributed by atoms with E-state index in [1.54, 1.807) is 0 Å². The summed E-state index contributed by atoms with van der Waals surface area (Å²) in [5, 5.41) is 13.1. The van der Waals surface area contributed by atoms with E-state index in [0.717, 1.165) is 48.8 Å². The number of hydrogen-bond acceptors (Lipinski definition) is 6. The molecule has 8 heteroatoms. The summed E-state index contributed by atoms with van der Waals surface area (Å²) in [6, 6.07) is 1.93. The fraction of sp³-hybridized carbons (Fsp3) is 0.500. The van der Waals surface area contributed by atoms with Crippen molar-refractivity contribution in [2.75, 3.05) is 32.4 Å². The minimum absolute atomic E-state index is 0.147. The Balaban J connectivity index is 1.74. The number of hydrogen-bond donors (Lipinski definition) is 3. The molecule has 196 valence electrons. The molecular formula is C28H40N4O3S. The summed E-state index contributed by atoms with van der Waals surface area (Å²) in [6.07, 6.45) is 11.7. The molecule has 0 aromatic carbocycles. The number of aliphatic hydroxyl groups is 1. The molecule has 3 N–H and O–H groups in total. The van der Waals surface area contributed by atoms with Crippen LogP contribution >= 0.6 is 11.8 Å². The molecule has 1 aromatic heterocycles. The van der Waals surface area contributed by atoms with Crippen molar-refractivity contribution in [3.05, 3.63) is 75.5 Å². The number of piperidine rings is 1. The third kappa shape index (κ3) is 7.48. The predicted octanol–water partition coefficient (Wildman–Crippen LogP) is 3.72. The van der Waals surface area contributed by atoms with Crippen LogP contribution in [-0.4, -0.2) is 63.8 Å². The topological polar surface area (TPSA) is 88.7 Å². The Morgan fingerprint density at radius 2 is 1.97 bits per heavy atom. The lowest BCUT2D eigenvalue weighted by Crippen LogP contribution is -2.44. The maximum absolute atomic E-state index is 13.4. The zero-order chi connectivity index (χ0) is 26.5. The summed E-state index contributed by atoms with van der Waals surface area (Å²) in [7, 11) is 0. The zero-order valence-corrected chi connectivity index (χ0v) is 23.0. The third-order valence-corrected chi connectivity index (χ3v) is 7.47. The number of aromatic amines is 1. The number of amides is 1. The van der Waals surface area contributed by atoms with Crippen LogP contribution in [0.15, 0.2) is 63.6 Å². The lowest BCUT2D eigenvalue weighted by Gasteiger charge is -2.37. The van der Waals surface area contributed by atoms with Crippen LogP contribution in [0.2, 0.25) is 0 Å². The molecule has 0 saturated carbocycles. The highest BCUT2D eigenvalue weighted by atomic mass is 32.2. The Hall–Kier alpha value is -2.55. The van der Waals surface area contributed by atoms with Crippen LogP contribution in [0.3, 0.4) is 0 Å². The zero-order valence-electron chi connectivity index (χ0n) is 22.2. The number of rotatable bonds is 8.